The van der Waals surface area contributed by atoms with Crippen molar-refractivity contribution in [3.63, 3.8) is 0 Å². The maximum absolute atomic E-state index is 14.4. The van der Waals surface area contributed by atoms with Crippen molar-refractivity contribution in [2.75, 3.05) is 104 Å². The van der Waals surface area contributed by atoms with Crippen molar-refractivity contribution in [2.45, 2.75) is 122 Å². The topological polar surface area (TPSA) is 527 Å². The van der Waals surface area contributed by atoms with Gasteiger partial charge in [-0.15, -0.1) is 0 Å². The molecule has 5 rings (SSSR count). The number of amides is 11. The fraction of sp³-hybridized carbons (Fsp3) is 0.544. The molecule has 0 aliphatic carbocycles. The first-order valence-electron chi connectivity index (χ1n) is 34.4. The molecule has 0 radical (unpaired) electrons. The van der Waals surface area contributed by atoms with E-state index in [1.807, 2.05) is 13.8 Å². The van der Waals surface area contributed by atoms with Gasteiger partial charge in [0.05, 0.1) is 45.1 Å². The van der Waals surface area contributed by atoms with E-state index >= 15 is 0 Å². The summed E-state index contributed by atoms with van der Waals surface area (Å²) in [5.74, 6) is -12.0. The molecule has 0 bridgehead atoms. The fourth-order valence-corrected chi connectivity index (χ4v) is 11.6. The molecule has 105 heavy (non-hydrogen) atoms. The van der Waals surface area contributed by atoms with Crippen LogP contribution >= 0.6 is 11.8 Å². The molecular weight excluding hydrogens is 1390 g/mol. The van der Waals surface area contributed by atoms with Crippen LogP contribution in [0, 0.1) is 11.8 Å². The lowest BCUT2D eigenvalue weighted by molar-refractivity contribution is -0.140. The molecule has 0 spiro atoms. The molecule has 7 atom stereocenters. The summed E-state index contributed by atoms with van der Waals surface area (Å²) in [6.07, 6.45) is 5.91. The van der Waals surface area contributed by atoms with Crippen molar-refractivity contribution in [3.8, 4) is 5.75 Å². The minimum absolute atomic E-state index is 0.0586. The number of H-pyrrole nitrogens is 2. The van der Waals surface area contributed by atoms with Crippen molar-refractivity contribution in [1.29, 1.82) is 0 Å². The van der Waals surface area contributed by atoms with Crippen molar-refractivity contribution in [1.82, 2.24) is 82.4 Å². The Morgan fingerprint density at radius 2 is 1.13 bits per heavy atom. The number of thioether (sulfide) groups is 1. The number of imide groups is 1. The SMILES string of the molecule is CSCC[C@H](NC(=O)[C@H](CC(C)C)NC(=O)[C@@H](N)Cc1cnc[nH]1)C(=O)NC(=O)CNC(=O)[C@@H](NC(=O)[C@H](C)NC(=O)[C@H](Cc1c[nH]c2ccccc12)NC(=O)[C@H](CCC(N)=O)NC(=O)COc1ccc(CNC(=O)CN2CCN(CC(=O)O)CCN(CC(=O)O)CCN(CC(=O)O)CC2)cc1)C(C)C. The molecular formula is C68H100N18O18S. The number of benzene rings is 2. The minimum Gasteiger partial charge on any atom is -0.484 e. The number of nitrogens with two attached hydrogens (primary N) is 2. The Morgan fingerprint density at radius 1 is 0.581 bits per heavy atom. The van der Waals surface area contributed by atoms with Crippen LogP contribution in [0.1, 0.15) is 77.1 Å². The predicted octanol–water partition coefficient (Wildman–Crippen LogP) is -3.42. The zero-order chi connectivity index (χ0) is 77.3. The summed E-state index contributed by atoms with van der Waals surface area (Å²) in [4.78, 5) is 200. The van der Waals surface area contributed by atoms with Crippen LogP contribution in [0.3, 0.4) is 0 Å². The highest BCUT2D eigenvalue weighted by atomic mass is 32.2. The van der Waals surface area contributed by atoms with E-state index in [1.165, 1.54) is 43.3 Å². The van der Waals surface area contributed by atoms with E-state index in [1.54, 1.807) is 82.3 Å². The molecule has 11 amide bonds. The van der Waals surface area contributed by atoms with Crippen molar-refractivity contribution < 1.29 is 87.2 Å². The van der Waals surface area contributed by atoms with E-state index in [2.05, 4.69) is 62.8 Å². The Balaban J connectivity index is 1.17. The summed E-state index contributed by atoms with van der Waals surface area (Å²) >= 11 is 1.38. The lowest BCUT2D eigenvalue weighted by atomic mass is 10.0. The van der Waals surface area contributed by atoms with Gasteiger partial charge in [-0.05, 0) is 79.4 Å². The molecule has 1 aliphatic rings. The predicted molar refractivity (Wildman–Crippen MR) is 384 cm³/mol. The molecule has 0 saturated carbocycles. The van der Waals surface area contributed by atoms with Crippen LogP contribution in [0.25, 0.3) is 10.9 Å². The number of nitrogens with zero attached hydrogens (tertiary/aromatic N) is 5. The van der Waals surface area contributed by atoms with Crippen LogP contribution in [0.15, 0.2) is 67.3 Å². The van der Waals surface area contributed by atoms with Crippen LogP contribution in [0.2, 0.25) is 0 Å². The zero-order valence-electron chi connectivity index (χ0n) is 59.9. The number of hydrogen-bond acceptors (Lipinski definition) is 22. The first kappa shape index (κ1) is 85.6. The first-order valence-corrected chi connectivity index (χ1v) is 35.8. The van der Waals surface area contributed by atoms with E-state index in [4.69, 9.17) is 16.2 Å². The number of nitrogens with one attached hydrogen (secondary N) is 11. The average molecular weight is 1490 g/mol. The van der Waals surface area contributed by atoms with Gasteiger partial charge >= 0.3 is 17.9 Å². The Bertz CT molecular complexity index is 3570. The normalized spacial score (nSPS) is 15.5. The quantitative estimate of drug-likeness (QED) is 0.0206. The van der Waals surface area contributed by atoms with Crippen molar-refractivity contribution in [3.05, 3.63) is 84.1 Å². The van der Waals surface area contributed by atoms with Gasteiger partial charge in [0.2, 0.25) is 59.1 Å². The maximum atomic E-state index is 14.4. The van der Waals surface area contributed by atoms with Gasteiger partial charge in [0.1, 0.15) is 42.0 Å². The summed E-state index contributed by atoms with van der Waals surface area (Å²) in [5.41, 5.74) is 14.1. The fourth-order valence-electron chi connectivity index (χ4n) is 11.1. The molecule has 1 aliphatic heterocycles. The number of carbonyl (C=O) groups is 14. The highest BCUT2D eigenvalue weighted by molar-refractivity contribution is 7.98. The third-order valence-corrected chi connectivity index (χ3v) is 17.5. The van der Waals surface area contributed by atoms with Gasteiger partial charge in [0.25, 0.3) is 5.91 Å². The largest absolute Gasteiger partial charge is 0.484 e. The molecule has 36 nitrogen and oxygen atoms in total. The van der Waals surface area contributed by atoms with Crippen LogP contribution < -0.4 is 64.1 Å². The van der Waals surface area contributed by atoms with E-state index in [0.717, 1.165) is 0 Å². The molecule has 1 fully saturated rings. The van der Waals surface area contributed by atoms with Crippen LogP contribution in [0.5, 0.6) is 5.75 Å². The Labute approximate surface area is 611 Å². The number of aliphatic carboxylic acids is 3. The van der Waals surface area contributed by atoms with Crippen LogP contribution in [-0.4, -0.2) is 279 Å². The number of para-hydroxylation sites is 1. The van der Waals surface area contributed by atoms with Gasteiger partial charge in [-0.2, -0.15) is 11.8 Å². The molecule has 2 aromatic carbocycles. The molecule has 1 saturated heterocycles. The van der Waals surface area contributed by atoms with Gasteiger partial charge in [-0.3, -0.25) is 92.0 Å². The number of carboxylic acid groups (broad SMARTS) is 3. The smallest absolute Gasteiger partial charge is 0.317 e. The number of aromatic nitrogens is 3. The molecule has 4 aromatic rings. The lowest BCUT2D eigenvalue weighted by Gasteiger charge is -2.32. The molecule has 0 unspecified atom stereocenters. The van der Waals surface area contributed by atoms with Gasteiger partial charge in [-0.1, -0.05) is 58.0 Å². The number of ether oxygens (including phenoxy) is 1. The zero-order valence-corrected chi connectivity index (χ0v) is 60.7. The number of carboxylic acids is 3. The number of imidazole rings is 1. The second-order valence-corrected chi connectivity index (χ2v) is 27.2. The standard InChI is InChI=1S/C68H100N18O18S/c1-40(2)27-52(79-63(98)48(69)29-45-32-71-39-75-45)67(102)78-51(17-26-105-6)65(100)81-55(88)33-74-68(103)61(41(3)4)82-62(97)42(5)76-66(101)53(28-44-31-72-49-10-8-7-9-47(44)49)80-64(99)50(15-16-54(70)87)77-57(90)38-104-46-13-11-43(12-14-46)30-73-56(89)34-83-18-20-84(35-58(91)92)22-24-86(37-60(95)96)25-23-85(21-19-83)36-59(93)94/h7-14,31-32,39-42,48,50-53,61,72H,15-30,33-38,69H2,1-6H3,(H2,70,87)(H,71,75)(H,73,89)(H,74,103)(H,76,101)(H,77,90)(H,78,102)(H,79,98)(H,80,99)(H,82,97)(H,91,92)(H,93,94)(H,95,96)(H,81,88,100)/t42-,48-,50-,51-,52-,53-,61-/m0/s1. The van der Waals surface area contributed by atoms with Gasteiger partial charge in [0, 0.05) is 107 Å². The highest BCUT2D eigenvalue weighted by Gasteiger charge is 2.34. The molecule has 576 valence electrons. The van der Waals surface area contributed by atoms with Crippen molar-refractivity contribution >= 4 is 106 Å². The molecule has 2 aromatic heterocycles. The number of aromatic amines is 2. The van der Waals surface area contributed by atoms with E-state index in [-0.39, 0.29) is 141 Å². The van der Waals surface area contributed by atoms with Gasteiger partial charge in [0.15, 0.2) is 6.61 Å². The Hall–Kier alpha value is -10.1. The summed E-state index contributed by atoms with van der Waals surface area (Å²) in [5, 5.41) is 52.4. The van der Waals surface area contributed by atoms with Gasteiger partial charge < -0.3 is 84.0 Å². The van der Waals surface area contributed by atoms with Gasteiger partial charge in [-0.25, -0.2) is 4.98 Å². The number of rotatable bonds is 41. The number of carbonyl (C=O) groups excluding carboxylic acids is 11. The van der Waals surface area contributed by atoms with E-state index < -0.39 is 138 Å². The molecule has 3 heterocycles. The monoisotopic (exact) mass is 1490 g/mol. The Morgan fingerprint density at radius 3 is 1.69 bits per heavy atom. The van der Waals surface area contributed by atoms with Crippen molar-refractivity contribution in [2.24, 2.45) is 23.3 Å². The lowest BCUT2D eigenvalue weighted by Crippen LogP contribution is -2.59. The van der Waals surface area contributed by atoms with E-state index in [0.29, 0.717) is 33.5 Å². The second-order valence-electron chi connectivity index (χ2n) is 26.3. The molecule has 37 heteroatoms. The number of fused-ring (bicyclic) bond motifs is 1. The third kappa shape index (κ3) is 31.4. The average Bonchev–Trinajstić information content (AvgIpc) is 1.75. The van der Waals surface area contributed by atoms with E-state index in [9.17, 15) is 82.4 Å². The summed E-state index contributed by atoms with van der Waals surface area (Å²) in [6, 6.07) is 4.51. The molecule has 18 N–H and O–H groups in total. The maximum Gasteiger partial charge on any atom is 0.317 e. The summed E-state index contributed by atoms with van der Waals surface area (Å²) < 4.78 is 5.73. The third-order valence-electron chi connectivity index (χ3n) is 16.8. The highest BCUT2D eigenvalue weighted by Crippen LogP contribution is 2.20. The second kappa shape index (κ2) is 43.9. The summed E-state index contributed by atoms with van der Waals surface area (Å²) in [7, 11) is 0. The minimum atomic E-state index is -1.46. The number of hydrogen-bond donors (Lipinski definition) is 16. The summed E-state index contributed by atoms with van der Waals surface area (Å²) in [6.45, 7) is 7.61. The number of primary amides is 1. The van der Waals surface area contributed by atoms with Crippen LogP contribution in [0.4, 0.5) is 0 Å². The van der Waals surface area contributed by atoms with Crippen LogP contribution in [-0.2, 0) is 86.5 Å². The first-order chi connectivity index (χ1) is 49.9. The Kier molecular flexibility index (Phi) is 35.8.